The van der Waals surface area contributed by atoms with Gasteiger partial charge in [-0.3, -0.25) is 3.56 Å². The summed E-state index contributed by atoms with van der Waals surface area (Å²) in [7, 11) is 0. The molecule has 0 fully saturated rings. The standard InChI is InChI=1S/C3H9IN2/c1-2-6-3-4-5/h5-6H,2-3H2,1H3. The van der Waals surface area contributed by atoms with E-state index < -0.39 is 0 Å². The van der Waals surface area contributed by atoms with Crippen molar-refractivity contribution in [2.24, 2.45) is 0 Å². The smallest absolute Gasteiger partial charge is 0.0595 e. The van der Waals surface area contributed by atoms with Crippen LogP contribution in [0.1, 0.15) is 6.92 Å². The lowest BCUT2D eigenvalue weighted by molar-refractivity contribution is 0.853. The number of rotatable bonds is 3. The van der Waals surface area contributed by atoms with Crippen molar-refractivity contribution in [2.45, 2.75) is 6.92 Å². The molecule has 0 bridgehead atoms. The molecular weight excluding hydrogens is 191 g/mol. The van der Waals surface area contributed by atoms with Gasteiger partial charge in [-0.05, 0) is 27.6 Å². The summed E-state index contributed by atoms with van der Waals surface area (Å²) >= 11 is -0.260. The number of hydrogen-bond acceptors (Lipinski definition) is 2. The predicted molar refractivity (Wildman–Crippen MR) is 35.3 cm³/mol. The van der Waals surface area contributed by atoms with Crippen LogP contribution in [0.15, 0.2) is 0 Å². The molecule has 0 atom stereocenters. The maximum Gasteiger partial charge on any atom is 0.0595 e. The SMILES string of the molecule is CCNCI=N. The highest BCUT2D eigenvalue weighted by Gasteiger charge is 1.68. The summed E-state index contributed by atoms with van der Waals surface area (Å²) in [6.07, 6.45) is 0. The van der Waals surface area contributed by atoms with Crippen molar-refractivity contribution in [2.75, 3.05) is 11.1 Å². The molecule has 0 rings (SSSR count). The fourth-order valence-corrected chi connectivity index (χ4v) is 0.951. The Balaban J connectivity index is 2.49. The first-order valence-electron chi connectivity index (χ1n) is 1.87. The van der Waals surface area contributed by atoms with Gasteiger partial charge in [0.25, 0.3) is 0 Å². The van der Waals surface area contributed by atoms with E-state index in [9.17, 15) is 0 Å². The summed E-state index contributed by atoms with van der Waals surface area (Å²) in [5, 5.41) is 3.06. The zero-order valence-corrected chi connectivity index (χ0v) is 5.95. The van der Waals surface area contributed by atoms with E-state index in [1.165, 1.54) is 0 Å². The van der Waals surface area contributed by atoms with Gasteiger partial charge in [0, 0.05) is 0 Å². The average molecular weight is 200 g/mol. The van der Waals surface area contributed by atoms with Crippen LogP contribution in [-0.2, 0) is 0 Å². The van der Waals surface area contributed by atoms with Gasteiger partial charge >= 0.3 is 0 Å². The molecule has 0 heterocycles. The zero-order valence-electron chi connectivity index (χ0n) is 3.79. The van der Waals surface area contributed by atoms with Gasteiger partial charge < -0.3 is 5.32 Å². The van der Waals surface area contributed by atoms with E-state index in [4.69, 9.17) is 3.56 Å². The summed E-state index contributed by atoms with van der Waals surface area (Å²) in [6, 6.07) is 0. The lowest BCUT2D eigenvalue weighted by Gasteiger charge is -1.86. The van der Waals surface area contributed by atoms with E-state index >= 15 is 0 Å². The summed E-state index contributed by atoms with van der Waals surface area (Å²) in [5.74, 6) is 0. The molecule has 6 heavy (non-hydrogen) atoms. The van der Waals surface area contributed by atoms with Crippen LogP contribution in [0.25, 0.3) is 0 Å². The molecule has 38 valence electrons. The van der Waals surface area contributed by atoms with Crippen LogP contribution < -0.4 is 5.32 Å². The Morgan fingerprint density at radius 2 is 2.50 bits per heavy atom. The molecular formula is C3H9IN2. The highest BCUT2D eigenvalue weighted by molar-refractivity contribution is 14.1. The van der Waals surface area contributed by atoms with Crippen LogP contribution in [0.2, 0.25) is 0 Å². The molecule has 0 aliphatic rings. The second-order valence-electron chi connectivity index (χ2n) is 0.871. The molecule has 0 aromatic heterocycles. The van der Waals surface area contributed by atoms with Crippen molar-refractivity contribution in [3.05, 3.63) is 0 Å². The van der Waals surface area contributed by atoms with Gasteiger partial charge in [0.1, 0.15) is 0 Å². The lowest BCUT2D eigenvalue weighted by atomic mass is 10.8. The molecule has 0 aliphatic carbocycles. The van der Waals surface area contributed by atoms with Gasteiger partial charge in [-0.1, -0.05) is 6.92 Å². The minimum absolute atomic E-state index is 0.260. The highest BCUT2D eigenvalue weighted by Crippen LogP contribution is 1.84. The summed E-state index contributed by atoms with van der Waals surface area (Å²) in [6.45, 7) is 3.07. The number of nitrogens with one attached hydrogen (secondary N) is 2. The van der Waals surface area contributed by atoms with Crippen molar-refractivity contribution in [3.63, 3.8) is 0 Å². The molecule has 0 radical (unpaired) electrons. The van der Waals surface area contributed by atoms with Gasteiger partial charge in [-0.25, -0.2) is 0 Å². The fraction of sp³-hybridized carbons (Fsp3) is 1.00. The quantitative estimate of drug-likeness (QED) is 0.306. The van der Waals surface area contributed by atoms with Gasteiger partial charge in [-0.2, -0.15) is 0 Å². The van der Waals surface area contributed by atoms with Crippen LogP contribution in [0.5, 0.6) is 0 Å². The molecule has 2 nitrogen and oxygen atoms in total. The van der Waals surface area contributed by atoms with Gasteiger partial charge in [-0.15, -0.1) is 0 Å². The van der Waals surface area contributed by atoms with E-state index in [-0.39, 0.29) is 21.0 Å². The summed E-state index contributed by atoms with van der Waals surface area (Å²) < 4.78 is 7.69. The van der Waals surface area contributed by atoms with E-state index in [0.29, 0.717) is 0 Å². The molecule has 0 amide bonds. The molecule has 0 unspecified atom stereocenters. The van der Waals surface area contributed by atoms with Crippen LogP contribution >= 0.6 is 21.0 Å². The Morgan fingerprint density at radius 3 is 2.67 bits per heavy atom. The Morgan fingerprint density at radius 1 is 1.83 bits per heavy atom. The first-order valence-corrected chi connectivity index (χ1v) is 4.47. The van der Waals surface area contributed by atoms with Crippen LogP contribution in [0.3, 0.4) is 0 Å². The highest BCUT2D eigenvalue weighted by atomic mass is 127. The first kappa shape index (κ1) is 6.49. The van der Waals surface area contributed by atoms with Crippen molar-refractivity contribution in [1.82, 2.24) is 5.32 Å². The number of halogens is 1. The first-order chi connectivity index (χ1) is 2.91. The Labute approximate surface area is 48.3 Å². The van der Waals surface area contributed by atoms with Gasteiger partial charge in [0.15, 0.2) is 0 Å². The second-order valence-corrected chi connectivity index (χ2v) is 2.40. The predicted octanol–water partition coefficient (Wildman–Crippen LogP) is 1.29. The average Bonchev–Trinajstić information content (AvgIpc) is 1.61. The Kier molecular flexibility index (Phi) is 5.94. The van der Waals surface area contributed by atoms with Crippen molar-refractivity contribution < 1.29 is 0 Å². The lowest BCUT2D eigenvalue weighted by Crippen LogP contribution is -2.08. The Bertz CT molecular complexity index is 37.8. The molecule has 0 saturated heterocycles. The van der Waals surface area contributed by atoms with Crippen molar-refractivity contribution in [1.29, 1.82) is 3.56 Å². The Hall–Kier alpha value is 0.490. The number of alkyl halides is 1. The van der Waals surface area contributed by atoms with Crippen LogP contribution in [0, 0.1) is 3.56 Å². The minimum Gasteiger partial charge on any atom is -0.307 e. The molecule has 0 spiro atoms. The second kappa shape index (κ2) is 5.49. The topological polar surface area (TPSA) is 35.9 Å². The monoisotopic (exact) mass is 200 g/mol. The van der Waals surface area contributed by atoms with Gasteiger partial charge in [0.05, 0.1) is 4.55 Å². The maximum atomic E-state index is 6.75. The normalized spacial score (nSPS) is 8.83. The molecule has 2 N–H and O–H groups in total. The van der Waals surface area contributed by atoms with E-state index in [2.05, 4.69) is 12.2 Å². The zero-order chi connectivity index (χ0) is 4.83. The maximum absolute atomic E-state index is 6.75. The fourth-order valence-electron chi connectivity index (χ4n) is 0.142. The largest absolute Gasteiger partial charge is 0.307 e. The van der Waals surface area contributed by atoms with Crippen LogP contribution in [-0.4, -0.2) is 11.1 Å². The van der Waals surface area contributed by atoms with Crippen LogP contribution in [0.4, 0.5) is 0 Å². The van der Waals surface area contributed by atoms with Crippen molar-refractivity contribution in [3.8, 4) is 0 Å². The summed E-state index contributed by atoms with van der Waals surface area (Å²) in [4.78, 5) is 0. The molecule has 0 aromatic carbocycles. The molecule has 0 saturated carbocycles. The van der Waals surface area contributed by atoms with E-state index in [0.717, 1.165) is 11.1 Å². The van der Waals surface area contributed by atoms with E-state index in [1.807, 2.05) is 0 Å². The van der Waals surface area contributed by atoms with E-state index in [1.54, 1.807) is 0 Å². The summed E-state index contributed by atoms with van der Waals surface area (Å²) in [5.41, 5.74) is 0. The third kappa shape index (κ3) is 4.49. The molecule has 0 aromatic rings. The molecule has 3 heteroatoms. The minimum atomic E-state index is -0.260. The van der Waals surface area contributed by atoms with Gasteiger partial charge in [0.2, 0.25) is 0 Å². The van der Waals surface area contributed by atoms with Crippen molar-refractivity contribution >= 4 is 21.0 Å². The third-order valence-electron chi connectivity index (χ3n) is 0.411. The third-order valence-corrected chi connectivity index (χ3v) is 1.33. The number of hydrogen-bond donors (Lipinski definition) is 2. The molecule has 0 aliphatic heterocycles.